The molecule has 0 amide bonds. The van der Waals surface area contributed by atoms with Crippen molar-refractivity contribution < 1.29 is 9.59 Å². The topological polar surface area (TPSA) is 144 Å². The van der Waals surface area contributed by atoms with Gasteiger partial charge in [-0.05, 0) is 33.1 Å². The van der Waals surface area contributed by atoms with Gasteiger partial charge in [-0.15, -0.1) is 0 Å². The Balaban J connectivity index is 1.97. The monoisotopic (exact) mass is 376 g/mol. The number of carbonyl (C=O) groups excluding carboxylic acids is 2. The molecule has 2 rings (SSSR count). The Labute approximate surface area is 152 Å². The molecule has 0 atom stereocenters. The molecule has 144 valence electrons. The number of Topliss-reactive ketones (excluding diaryl/α,β-unsaturated/α-hetero) is 2. The maximum absolute atomic E-state index is 11.8. The third kappa shape index (κ3) is 4.87. The molecule has 0 unspecified atom stereocenters. The largest absolute Gasteiger partial charge is 0.328 e. The number of nitrogens with zero attached hydrogens (tertiary/aromatic N) is 2. The highest BCUT2D eigenvalue weighted by Crippen LogP contribution is 2.01. The fraction of sp³-hybridized carbons (Fsp3) is 0.412. The zero-order chi connectivity index (χ0) is 20.1. The van der Waals surface area contributed by atoms with Crippen LogP contribution < -0.4 is 22.5 Å². The van der Waals surface area contributed by atoms with Crippen molar-refractivity contribution in [3.05, 3.63) is 65.2 Å². The minimum Gasteiger partial charge on any atom is -0.300 e. The van der Waals surface area contributed by atoms with Crippen LogP contribution in [0.4, 0.5) is 0 Å². The van der Waals surface area contributed by atoms with E-state index >= 15 is 0 Å². The first-order valence-electron chi connectivity index (χ1n) is 8.40. The molecule has 27 heavy (non-hydrogen) atoms. The smallest absolute Gasteiger partial charge is 0.300 e. The fourth-order valence-electron chi connectivity index (χ4n) is 2.59. The van der Waals surface area contributed by atoms with Crippen LogP contribution in [0, 0.1) is 0 Å². The maximum Gasteiger partial charge on any atom is 0.328 e. The number of H-pyrrole nitrogens is 2. The quantitative estimate of drug-likeness (QED) is 0.476. The average molecular weight is 376 g/mol. The standard InChI is InChI=1S/C17H20N4O6/c1-10(22)12-8-20(16(26)18-14(12)24)6-4-3-5-7-21-9-13(11(2)23)15(25)19-17(21)27/h8-9H,3-7H2,1-2H3,(H,18,24,26)(H,19,25,27). The van der Waals surface area contributed by atoms with Crippen LogP contribution in [0.15, 0.2) is 31.6 Å². The van der Waals surface area contributed by atoms with E-state index in [1.807, 2.05) is 0 Å². The zero-order valence-electron chi connectivity index (χ0n) is 15.0. The molecule has 0 aliphatic heterocycles. The van der Waals surface area contributed by atoms with Crippen LogP contribution in [0.2, 0.25) is 0 Å². The SMILES string of the molecule is CC(=O)c1cn(CCCCCn2cc(C(C)=O)c(=O)[nH]c2=O)c(=O)[nH]c1=O. The molecule has 2 heterocycles. The van der Waals surface area contributed by atoms with E-state index in [0.29, 0.717) is 32.4 Å². The van der Waals surface area contributed by atoms with Crippen molar-refractivity contribution in [1.29, 1.82) is 0 Å². The second-order valence-corrected chi connectivity index (χ2v) is 6.16. The molecule has 0 aliphatic rings. The van der Waals surface area contributed by atoms with E-state index in [-0.39, 0.29) is 11.1 Å². The van der Waals surface area contributed by atoms with Gasteiger partial charge in [0, 0.05) is 25.5 Å². The normalized spacial score (nSPS) is 10.7. The van der Waals surface area contributed by atoms with Gasteiger partial charge < -0.3 is 0 Å². The first kappa shape index (κ1) is 20.0. The van der Waals surface area contributed by atoms with Gasteiger partial charge in [-0.25, -0.2) is 9.59 Å². The molecule has 10 heteroatoms. The highest BCUT2D eigenvalue weighted by Gasteiger charge is 2.10. The van der Waals surface area contributed by atoms with Crippen LogP contribution >= 0.6 is 0 Å². The first-order chi connectivity index (χ1) is 12.7. The van der Waals surface area contributed by atoms with E-state index in [1.165, 1.54) is 35.4 Å². The van der Waals surface area contributed by atoms with E-state index in [9.17, 15) is 28.8 Å². The number of ketones is 2. The van der Waals surface area contributed by atoms with Gasteiger partial charge >= 0.3 is 11.4 Å². The highest BCUT2D eigenvalue weighted by atomic mass is 16.2. The molecule has 0 fully saturated rings. The van der Waals surface area contributed by atoms with Crippen LogP contribution in [0.5, 0.6) is 0 Å². The number of nitrogens with one attached hydrogen (secondary N) is 2. The van der Waals surface area contributed by atoms with E-state index in [1.54, 1.807) is 0 Å². The third-order valence-corrected chi connectivity index (χ3v) is 4.08. The zero-order valence-corrected chi connectivity index (χ0v) is 15.0. The lowest BCUT2D eigenvalue weighted by Crippen LogP contribution is -2.33. The van der Waals surface area contributed by atoms with Crippen molar-refractivity contribution in [2.24, 2.45) is 0 Å². The van der Waals surface area contributed by atoms with Gasteiger partial charge in [-0.1, -0.05) is 0 Å². The third-order valence-electron chi connectivity index (χ3n) is 4.08. The van der Waals surface area contributed by atoms with Crippen molar-refractivity contribution in [2.45, 2.75) is 46.2 Å². The van der Waals surface area contributed by atoms with E-state index in [0.717, 1.165) is 0 Å². The molecular weight excluding hydrogens is 356 g/mol. The summed E-state index contributed by atoms with van der Waals surface area (Å²) in [5.74, 6) is -0.854. The van der Waals surface area contributed by atoms with Gasteiger partial charge in [-0.2, -0.15) is 0 Å². The number of aromatic nitrogens is 4. The van der Waals surface area contributed by atoms with Gasteiger partial charge in [0.2, 0.25) is 0 Å². The lowest BCUT2D eigenvalue weighted by Gasteiger charge is -2.08. The number of carbonyl (C=O) groups is 2. The number of aromatic amines is 2. The lowest BCUT2D eigenvalue weighted by atomic mass is 10.2. The number of aryl methyl sites for hydroxylation is 2. The van der Waals surface area contributed by atoms with E-state index in [2.05, 4.69) is 9.97 Å². The van der Waals surface area contributed by atoms with Gasteiger partial charge in [0.05, 0.1) is 11.1 Å². The Hall–Kier alpha value is -3.30. The second-order valence-electron chi connectivity index (χ2n) is 6.16. The van der Waals surface area contributed by atoms with Crippen LogP contribution in [0.3, 0.4) is 0 Å². The molecule has 0 aliphatic carbocycles. The van der Waals surface area contributed by atoms with Crippen LogP contribution in [0.25, 0.3) is 0 Å². The predicted molar refractivity (Wildman–Crippen MR) is 96.5 cm³/mol. The van der Waals surface area contributed by atoms with Crippen molar-refractivity contribution in [1.82, 2.24) is 19.1 Å². The second kappa shape index (κ2) is 8.39. The molecule has 10 nitrogen and oxygen atoms in total. The van der Waals surface area contributed by atoms with Gasteiger partial charge in [0.15, 0.2) is 11.6 Å². The molecule has 0 saturated carbocycles. The summed E-state index contributed by atoms with van der Waals surface area (Å²) in [4.78, 5) is 73.5. The maximum atomic E-state index is 11.8. The number of rotatable bonds is 8. The molecule has 0 saturated heterocycles. The van der Waals surface area contributed by atoms with Gasteiger partial charge in [0.25, 0.3) is 11.1 Å². The molecule has 0 spiro atoms. The van der Waals surface area contributed by atoms with Crippen LogP contribution in [-0.4, -0.2) is 30.7 Å². The summed E-state index contributed by atoms with van der Waals surface area (Å²) in [5, 5.41) is 0. The van der Waals surface area contributed by atoms with Gasteiger partial charge in [-0.3, -0.25) is 38.3 Å². The first-order valence-corrected chi connectivity index (χ1v) is 8.40. The minimum atomic E-state index is -0.706. The Morgan fingerprint density at radius 2 is 1.11 bits per heavy atom. The molecule has 2 N–H and O–H groups in total. The Bertz CT molecular complexity index is 1010. The molecular formula is C17H20N4O6. The van der Waals surface area contributed by atoms with E-state index < -0.39 is 34.1 Å². The van der Waals surface area contributed by atoms with Gasteiger partial charge in [0.1, 0.15) is 0 Å². The Kier molecular flexibility index (Phi) is 6.22. The number of hydrogen-bond donors (Lipinski definition) is 2. The molecule has 2 aromatic rings. The summed E-state index contributed by atoms with van der Waals surface area (Å²) in [6.45, 7) is 3.09. The van der Waals surface area contributed by atoms with E-state index in [4.69, 9.17) is 0 Å². The minimum absolute atomic E-state index is 0.0776. The summed E-state index contributed by atoms with van der Waals surface area (Å²) in [7, 11) is 0. The number of hydrogen-bond acceptors (Lipinski definition) is 6. The van der Waals surface area contributed by atoms with Crippen LogP contribution in [0.1, 0.15) is 53.8 Å². The van der Waals surface area contributed by atoms with Crippen molar-refractivity contribution in [2.75, 3.05) is 0 Å². The molecule has 0 bridgehead atoms. The molecule has 0 radical (unpaired) electrons. The average Bonchev–Trinajstić information content (AvgIpc) is 2.57. The summed E-state index contributed by atoms with van der Waals surface area (Å²) >= 11 is 0. The predicted octanol–water partition coefficient (Wildman–Crippen LogP) is -0.338. The summed E-state index contributed by atoms with van der Waals surface area (Å²) in [6.07, 6.45) is 4.27. The number of unbranched alkanes of at least 4 members (excludes halogenated alkanes) is 2. The summed E-state index contributed by atoms with van der Waals surface area (Å²) in [6, 6.07) is 0. The summed E-state index contributed by atoms with van der Waals surface area (Å²) < 4.78 is 2.52. The van der Waals surface area contributed by atoms with Crippen molar-refractivity contribution in [3.8, 4) is 0 Å². The Morgan fingerprint density at radius 3 is 1.44 bits per heavy atom. The van der Waals surface area contributed by atoms with Crippen molar-refractivity contribution >= 4 is 11.6 Å². The van der Waals surface area contributed by atoms with Crippen LogP contribution in [-0.2, 0) is 13.1 Å². The lowest BCUT2D eigenvalue weighted by molar-refractivity contribution is 0.100. The molecule has 2 aromatic heterocycles. The highest BCUT2D eigenvalue weighted by molar-refractivity contribution is 5.93. The summed E-state index contributed by atoms with van der Waals surface area (Å²) in [5.41, 5.74) is -2.75. The Morgan fingerprint density at radius 1 is 0.741 bits per heavy atom. The molecule has 0 aromatic carbocycles. The van der Waals surface area contributed by atoms with Crippen molar-refractivity contribution in [3.63, 3.8) is 0 Å². The fourth-order valence-corrected chi connectivity index (χ4v) is 2.59.